The Morgan fingerprint density at radius 2 is 1.91 bits per heavy atom. The molecule has 0 bridgehead atoms. The van der Waals surface area contributed by atoms with Gasteiger partial charge >= 0.3 is 5.69 Å². The average molecular weight is 473 g/mol. The number of hydrogen-bond donors (Lipinski definition) is 1. The summed E-state index contributed by atoms with van der Waals surface area (Å²) >= 11 is 0. The quantitative estimate of drug-likeness (QED) is 0.443. The molecule has 1 unspecified atom stereocenters. The number of benzene rings is 1. The van der Waals surface area contributed by atoms with Crippen molar-refractivity contribution in [3.63, 3.8) is 0 Å². The van der Waals surface area contributed by atoms with Crippen molar-refractivity contribution in [2.24, 2.45) is 12.8 Å². The van der Waals surface area contributed by atoms with Gasteiger partial charge in [-0.3, -0.25) is 18.5 Å². The van der Waals surface area contributed by atoms with Crippen LogP contribution < -0.4 is 21.9 Å². The van der Waals surface area contributed by atoms with Crippen LogP contribution in [0.4, 0.5) is 5.95 Å². The zero-order valence-corrected chi connectivity index (χ0v) is 20.2. The molecule has 35 heavy (non-hydrogen) atoms. The maximum absolute atomic E-state index is 13.8. The van der Waals surface area contributed by atoms with Gasteiger partial charge in [0.1, 0.15) is 0 Å². The fourth-order valence-corrected chi connectivity index (χ4v) is 4.80. The number of imidazole rings is 1. The SMILES string of the molecule is CC#CCn1c(N2CCCC(N)C2)nc2c1c(=O)n(Cc1nnc(C)c3ccccc13)c(=O)n2C. The molecule has 0 spiro atoms. The van der Waals surface area contributed by atoms with Crippen LogP contribution in [0.2, 0.25) is 0 Å². The molecule has 0 radical (unpaired) electrons. The maximum Gasteiger partial charge on any atom is 0.332 e. The second kappa shape index (κ2) is 9.00. The van der Waals surface area contributed by atoms with E-state index in [9.17, 15) is 9.59 Å². The summed E-state index contributed by atoms with van der Waals surface area (Å²) in [6.07, 6.45) is 1.88. The summed E-state index contributed by atoms with van der Waals surface area (Å²) in [6, 6.07) is 7.76. The third-order valence-corrected chi connectivity index (χ3v) is 6.62. The fourth-order valence-electron chi connectivity index (χ4n) is 4.80. The topological polar surface area (TPSA) is 117 Å². The number of fused-ring (bicyclic) bond motifs is 2. The predicted molar refractivity (Wildman–Crippen MR) is 135 cm³/mol. The monoisotopic (exact) mass is 472 g/mol. The molecule has 3 aromatic heterocycles. The van der Waals surface area contributed by atoms with E-state index < -0.39 is 11.2 Å². The van der Waals surface area contributed by atoms with Gasteiger partial charge in [-0.2, -0.15) is 15.2 Å². The van der Waals surface area contributed by atoms with Gasteiger partial charge in [0.15, 0.2) is 11.2 Å². The van der Waals surface area contributed by atoms with Gasteiger partial charge in [-0.05, 0) is 26.7 Å². The Hall–Kier alpha value is -3.97. The van der Waals surface area contributed by atoms with Crippen molar-refractivity contribution in [1.82, 2.24) is 28.9 Å². The predicted octanol–water partition coefficient (Wildman–Crippen LogP) is 1.15. The fraction of sp³-hybridized carbons (Fsp3) is 0.400. The zero-order valence-electron chi connectivity index (χ0n) is 20.2. The largest absolute Gasteiger partial charge is 0.341 e. The van der Waals surface area contributed by atoms with E-state index in [0.717, 1.165) is 35.9 Å². The summed E-state index contributed by atoms with van der Waals surface area (Å²) < 4.78 is 4.43. The van der Waals surface area contributed by atoms with Crippen LogP contribution in [-0.4, -0.2) is 48.0 Å². The number of rotatable bonds is 4. The Kier molecular flexibility index (Phi) is 5.86. The standard InChI is InChI=1S/C25H28N8O2/c1-4-5-13-32-21-22(27-24(32)31-12-8-9-17(26)14-31)30(3)25(35)33(23(21)34)15-20-19-11-7-6-10-18(19)16(2)28-29-20/h6-7,10-11,17H,8-9,12-15,26H2,1-3H3. The normalized spacial score (nSPS) is 16.0. The van der Waals surface area contributed by atoms with Crippen LogP contribution in [0.1, 0.15) is 31.2 Å². The van der Waals surface area contributed by atoms with Crippen LogP contribution in [0.3, 0.4) is 0 Å². The lowest BCUT2D eigenvalue weighted by Gasteiger charge is -2.31. The molecule has 1 atom stereocenters. The summed E-state index contributed by atoms with van der Waals surface area (Å²) in [5.41, 5.74) is 7.37. The molecule has 0 saturated carbocycles. The van der Waals surface area contributed by atoms with Gasteiger partial charge in [0, 0.05) is 37.0 Å². The van der Waals surface area contributed by atoms with E-state index in [4.69, 9.17) is 10.7 Å². The molecule has 180 valence electrons. The first-order valence-electron chi connectivity index (χ1n) is 11.7. The number of aryl methyl sites for hydroxylation is 2. The number of hydrogen-bond acceptors (Lipinski definition) is 7. The van der Waals surface area contributed by atoms with Crippen LogP contribution in [0.5, 0.6) is 0 Å². The number of piperidine rings is 1. The van der Waals surface area contributed by atoms with E-state index in [1.165, 1.54) is 9.13 Å². The zero-order chi connectivity index (χ0) is 24.7. The molecule has 4 heterocycles. The summed E-state index contributed by atoms with van der Waals surface area (Å²) in [4.78, 5) is 34.0. The summed E-state index contributed by atoms with van der Waals surface area (Å²) in [5.74, 6) is 6.56. The molecular weight excluding hydrogens is 444 g/mol. The Morgan fingerprint density at radius 1 is 1.14 bits per heavy atom. The minimum Gasteiger partial charge on any atom is -0.341 e. The molecular formula is C25H28N8O2. The van der Waals surface area contributed by atoms with Crippen LogP contribution in [-0.2, 0) is 20.1 Å². The highest BCUT2D eigenvalue weighted by atomic mass is 16.2. The second-order valence-electron chi connectivity index (χ2n) is 8.96. The number of aromatic nitrogens is 6. The molecule has 1 aliphatic rings. The van der Waals surface area contributed by atoms with Gasteiger partial charge < -0.3 is 10.6 Å². The van der Waals surface area contributed by atoms with E-state index in [1.807, 2.05) is 31.2 Å². The molecule has 1 aromatic carbocycles. The lowest BCUT2D eigenvalue weighted by Crippen LogP contribution is -2.44. The van der Waals surface area contributed by atoms with Crippen molar-refractivity contribution in [1.29, 1.82) is 0 Å². The first-order valence-corrected chi connectivity index (χ1v) is 11.7. The van der Waals surface area contributed by atoms with Crippen molar-refractivity contribution >= 4 is 27.9 Å². The summed E-state index contributed by atoms with van der Waals surface area (Å²) in [6.45, 7) is 5.35. The number of anilines is 1. The van der Waals surface area contributed by atoms with Crippen molar-refractivity contribution in [3.8, 4) is 11.8 Å². The van der Waals surface area contributed by atoms with Crippen molar-refractivity contribution in [3.05, 3.63) is 56.5 Å². The molecule has 1 fully saturated rings. The molecule has 2 N–H and O–H groups in total. The minimum atomic E-state index is -0.456. The third kappa shape index (κ3) is 3.88. The van der Waals surface area contributed by atoms with E-state index in [0.29, 0.717) is 29.4 Å². The van der Waals surface area contributed by atoms with Gasteiger partial charge in [-0.15, -0.1) is 5.92 Å². The van der Waals surface area contributed by atoms with Crippen LogP contribution in [0.15, 0.2) is 33.9 Å². The molecule has 0 amide bonds. The number of nitrogens with two attached hydrogens (primary N) is 1. The first-order chi connectivity index (χ1) is 16.9. The van der Waals surface area contributed by atoms with Crippen LogP contribution >= 0.6 is 0 Å². The second-order valence-corrected chi connectivity index (χ2v) is 8.96. The molecule has 10 nitrogen and oxygen atoms in total. The Bertz CT molecular complexity index is 1620. The van der Waals surface area contributed by atoms with Crippen LogP contribution in [0, 0.1) is 18.8 Å². The first kappa shape index (κ1) is 22.8. The Balaban J connectivity index is 1.72. The van der Waals surface area contributed by atoms with Gasteiger partial charge in [0.05, 0.1) is 24.5 Å². The van der Waals surface area contributed by atoms with E-state index in [2.05, 4.69) is 26.9 Å². The third-order valence-electron chi connectivity index (χ3n) is 6.62. The number of nitrogens with zero attached hydrogens (tertiary/aromatic N) is 7. The van der Waals surface area contributed by atoms with E-state index >= 15 is 0 Å². The van der Waals surface area contributed by atoms with Gasteiger partial charge in [0.25, 0.3) is 5.56 Å². The van der Waals surface area contributed by atoms with E-state index in [1.54, 1.807) is 18.5 Å². The Labute approximate surface area is 202 Å². The minimum absolute atomic E-state index is 0.00377. The molecule has 5 rings (SSSR count). The summed E-state index contributed by atoms with van der Waals surface area (Å²) in [5, 5.41) is 10.4. The molecule has 1 aliphatic heterocycles. The van der Waals surface area contributed by atoms with Gasteiger partial charge in [-0.25, -0.2) is 4.79 Å². The van der Waals surface area contributed by atoms with Gasteiger partial charge in [-0.1, -0.05) is 30.2 Å². The van der Waals surface area contributed by atoms with Crippen molar-refractivity contribution < 1.29 is 0 Å². The maximum atomic E-state index is 13.8. The highest BCUT2D eigenvalue weighted by molar-refractivity contribution is 5.86. The highest BCUT2D eigenvalue weighted by Crippen LogP contribution is 2.23. The average Bonchev–Trinajstić information content (AvgIpc) is 3.25. The summed E-state index contributed by atoms with van der Waals surface area (Å²) in [7, 11) is 1.63. The van der Waals surface area contributed by atoms with Crippen molar-refractivity contribution in [2.75, 3.05) is 18.0 Å². The molecule has 4 aromatic rings. The van der Waals surface area contributed by atoms with Crippen molar-refractivity contribution in [2.45, 2.75) is 45.8 Å². The molecule has 1 saturated heterocycles. The lowest BCUT2D eigenvalue weighted by atomic mass is 10.1. The molecule has 10 heteroatoms. The van der Waals surface area contributed by atoms with E-state index in [-0.39, 0.29) is 19.1 Å². The smallest absolute Gasteiger partial charge is 0.332 e. The molecule has 0 aliphatic carbocycles. The lowest BCUT2D eigenvalue weighted by molar-refractivity contribution is 0.496. The Morgan fingerprint density at radius 3 is 2.66 bits per heavy atom. The highest BCUT2D eigenvalue weighted by Gasteiger charge is 2.26. The van der Waals surface area contributed by atoms with Crippen LogP contribution in [0.25, 0.3) is 21.9 Å². The van der Waals surface area contributed by atoms with Gasteiger partial charge in [0.2, 0.25) is 5.95 Å².